The average molecular weight is 340 g/mol. The van der Waals surface area contributed by atoms with E-state index in [0.717, 1.165) is 6.54 Å². The summed E-state index contributed by atoms with van der Waals surface area (Å²) in [4.78, 5) is 1.34. The van der Waals surface area contributed by atoms with Crippen LogP contribution in [-0.4, -0.2) is 21.8 Å². The van der Waals surface area contributed by atoms with Crippen molar-refractivity contribution < 1.29 is 4.74 Å². The lowest BCUT2D eigenvalue weighted by Crippen LogP contribution is -2.28. The molecular formula is C20H24N2OS. The van der Waals surface area contributed by atoms with Gasteiger partial charge in [-0.05, 0) is 25.0 Å². The summed E-state index contributed by atoms with van der Waals surface area (Å²) >= 11 is 0. The predicted molar refractivity (Wildman–Crippen MR) is 104 cm³/mol. The van der Waals surface area contributed by atoms with Crippen LogP contribution in [0.25, 0.3) is 0 Å². The molecule has 1 aliphatic rings. The Morgan fingerprint density at radius 2 is 1.71 bits per heavy atom. The molecule has 3 nitrogen and oxygen atoms in total. The Morgan fingerprint density at radius 3 is 2.33 bits per heavy atom. The molecule has 0 saturated heterocycles. The van der Waals surface area contributed by atoms with E-state index < -0.39 is 0 Å². The Hall–Kier alpha value is -1.88. The Kier molecular flexibility index (Phi) is 5.86. The van der Waals surface area contributed by atoms with E-state index in [2.05, 4.69) is 84.4 Å². The smallest absolute Gasteiger partial charge is 0.103 e. The molecule has 0 aromatic heterocycles. The largest absolute Gasteiger partial charge is 0.365 e. The van der Waals surface area contributed by atoms with Gasteiger partial charge in [0.05, 0.1) is 12.3 Å². The van der Waals surface area contributed by atoms with E-state index >= 15 is 0 Å². The lowest BCUT2D eigenvalue weighted by Gasteiger charge is -2.19. The molecule has 3 rings (SSSR count). The summed E-state index contributed by atoms with van der Waals surface area (Å²) in [7, 11) is -0.109. The molecule has 4 heteroatoms. The van der Waals surface area contributed by atoms with Crippen LogP contribution < -0.4 is 5.43 Å². The number of allylic oxidation sites excluding steroid dienone is 2. The first kappa shape index (κ1) is 17.0. The third-order valence-corrected chi connectivity index (χ3v) is 6.11. The Morgan fingerprint density at radius 1 is 1.04 bits per heavy atom. The van der Waals surface area contributed by atoms with Gasteiger partial charge in [-0.2, -0.15) is 4.41 Å². The maximum absolute atomic E-state index is 6.06. The average Bonchev–Trinajstić information content (AvgIpc) is 3.01. The zero-order valence-corrected chi connectivity index (χ0v) is 15.1. The number of benzene rings is 2. The number of hydrogen-bond acceptors (Lipinski definition) is 3. The summed E-state index contributed by atoms with van der Waals surface area (Å²) in [6.45, 7) is 5.84. The first-order valence-electron chi connectivity index (χ1n) is 8.29. The minimum Gasteiger partial charge on any atom is -0.365 e. The number of nitrogens with one attached hydrogen (secondary N) is 1. The van der Waals surface area contributed by atoms with Gasteiger partial charge in [0.2, 0.25) is 0 Å². The first-order valence-corrected chi connectivity index (χ1v) is 9.64. The minimum absolute atomic E-state index is 0.109. The van der Waals surface area contributed by atoms with Gasteiger partial charge in [0.25, 0.3) is 0 Å². The van der Waals surface area contributed by atoms with Crippen molar-refractivity contribution in [1.29, 1.82) is 0 Å². The van der Waals surface area contributed by atoms with Crippen LogP contribution in [0.4, 0.5) is 0 Å². The second-order valence-electron chi connectivity index (χ2n) is 5.52. The van der Waals surface area contributed by atoms with Crippen LogP contribution in [0.15, 0.2) is 72.4 Å². The summed E-state index contributed by atoms with van der Waals surface area (Å²) in [5.41, 5.74) is 7.19. The van der Waals surface area contributed by atoms with E-state index in [0.29, 0.717) is 12.5 Å². The second kappa shape index (κ2) is 8.29. The highest BCUT2D eigenvalue weighted by Gasteiger charge is 2.25. The van der Waals surface area contributed by atoms with Crippen molar-refractivity contribution in [3.8, 4) is 0 Å². The van der Waals surface area contributed by atoms with Gasteiger partial charge in [0, 0.05) is 11.4 Å². The fourth-order valence-corrected chi connectivity index (χ4v) is 4.78. The van der Waals surface area contributed by atoms with Gasteiger partial charge in [-0.15, -0.1) is 0 Å². The molecule has 0 radical (unpaired) electrons. The molecule has 2 aromatic carbocycles. The highest BCUT2D eigenvalue weighted by atomic mass is 32.2. The highest BCUT2D eigenvalue weighted by molar-refractivity contribution is 8.14. The standard InChI is InChI=1S/C20H24N2OS/c1-3-19-20(18-13-9-6-10-14-18)24(22(4-2)21-19)16-23-15-17-11-7-5-8-12-17/h3,5-14,21H,4,15-16H2,1-2H3. The zero-order chi connectivity index (χ0) is 16.8. The summed E-state index contributed by atoms with van der Waals surface area (Å²) < 4.78 is 8.34. The number of hydrazine groups is 1. The first-order chi connectivity index (χ1) is 11.8. The molecule has 1 atom stereocenters. The fourth-order valence-electron chi connectivity index (χ4n) is 2.72. The van der Waals surface area contributed by atoms with E-state index in [1.165, 1.54) is 21.7 Å². The maximum atomic E-state index is 6.06. The lowest BCUT2D eigenvalue weighted by molar-refractivity contribution is 0.166. The van der Waals surface area contributed by atoms with Gasteiger partial charge in [0.1, 0.15) is 5.94 Å². The Balaban J connectivity index is 1.84. The van der Waals surface area contributed by atoms with Crippen molar-refractivity contribution in [3.05, 3.63) is 83.6 Å². The van der Waals surface area contributed by atoms with Gasteiger partial charge < -0.3 is 10.2 Å². The third kappa shape index (κ3) is 3.78. The number of hydrogen-bond donors (Lipinski definition) is 1. The van der Waals surface area contributed by atoms with Crippen LogP contribution in [-0.2, 0) is 11.3 Å². The van der Waals surface area contributed by atoms with E-state index in [1.54, 1.807) is 0 Å². The van der Waals surface area contributed by atoms with Crippen LogP contribution >= 0.6 is 10.7 Å². The predicted octanol–water partition coefficient (Wildman–Crippen LogP) is 4.31. The quantitative estimate of drug-likeness (QED) is 0.626. The number of nitrogens with zero attached hydrogens (tertiary/aromatic N) is 1. The van der Waals surface area contributed by atoms with Gasteiger partial charge in [0.15, 0.2) is 0 Å². The molecule has 0 amide bonds. The van der Waals surface area contributed by atoms with Gasteiger partial charge in [-0.1, -0.05) is 77.4 Å². The van der Waals surface area contributed by atoms with Crippen molar-refractivity contribution in [2.24, 2.45) is 0 Å². The lowest BCUT2D eigenvalue weighted by atomic mass is 10.1. The molecule has 1 heterocycles. The molecule has 0 bridgehead atoms. The molecule has 1 unspecified atom stereocenters. The number of ether oxygens (including phenoxy) is 1. The van der Waals surface area contributed by atoms with Crippen molar-refractivity contribution in [3.63, 3.8) is 0 Å². The summed E-state index contributed by atoms with van der Waals surface area (Å²) in [5.74, 6) is 0.692. The molecule has 0 spiro atoms. The van der Waals surface area contributed by atoms with Crippen molar-refractivity contribution >= 4 is 15.5 Å². The van der Waals surface area contributed by atoms with E-state index in [9.17, 15) is 0 Å². The molecule has 0 aliphatic carbocycles. The van der Waals surface area contributed by atoms with Gasteiger partial charge in [-0.3, -0.25) is 0 Å². The molecular weight excluding hydrogens is 316 g/mol. The monoisotopic (exact) mass is 340 g/mol. The molecule has 0 fully saturated rings. The summed E-state index contributed by atoms with van der Waals surface area (Å²) in [6, 6.07) is 20.9. The maximum Gasteiger partial charge on any atom is 0.103 e. The van der Waals surface area contributed by atoms with Crippen LogP contribution in [0, 0.1) is 0 Å². The molecule has 2 aromatic rings. The van der Waals surface area contributed by atoms with Crippen molar-refractivity contribution in [1.82, 2.24) is 9.84 Å². The minimum atomic E-state index is -0.109. The Labute approximate surface area is 147 Å². The van der Waals surface area contributed by atoms with Gasteiger partial charge >= 0.3 is 0 Å². The topological polar surface area (TPSA) is 24.5 Å². The molecule has 24 heavy (non-hydrogen) atoms. The molecule has 1 aliphatic heterocycles. The van der Waals surface area contributed by atoms with Crippen LogP contribution in [0.2, 0.25) is 0 Å². The fraction of sp³-hybridized carbons (Fsp3) is 0.250. The van der Waals surface area contributed by atoms with Crippen molar-refractivity contribution in [2.75, 3.05) is 12.5 Å². The number of rotatable bonds is 6. The second-order valence-corrected chi connectivity index (χ2v) is 7.33. The molecule has 0 saturated carbocycles. The van der Waals surface area contributed by atoms with Crippen LogP contribution in [0.3, 0.4) is 0 Å². The summed E-state index contributed by atoms with van der Waals surface area (Å²) in [5, 5.41) is 0. The Bertz CT molecular complexity index is 726. The van der Waals surface area contributed by atoms with Gasteiger partial charge in [-0.25, -0.2) is 0 Å². The van der Waals surface area contributed by atoms with Crippen LogP contribution in [0.1, 0.15) is 25.0 Å². The summed E-state index contributed by atoms with van der Waals surface area (Å²) in [6.07, 6.45) is 2.15. The van der Waals surface area contributed by atoms with E-state index in [4.69, 9.17) is 4.74 Å². The highest BCUT2D eigenvalue weighted by Crippen LogP contribution is 2.32. The van der Waals surface area contributed by atoms with Crippen LogP contribution in [0.5, 0.6) is 0 Å². The molecule has 1 N–H and O–H groups in total. The van der Waals surface area contributed by atoms with E-state index in [-0.39, 0.29) is 10.7 Å². The third-order valence-electron chi connectivity index (χ3n) is 3.91. The zero-order valence-electron chi connectivity index (χ0n) is 14.2. The molecule has 126 valence electrons. The van der Waals surface area contributed by atoms with Crippen molar-refractivity contribution in [2.45, 2.75) is 20.5 Å². The normalized spacial score (nSPS) is 19.7. The SMILES string of the molecule is CC=C1NN(CC)S(COCc2ccccc2)=C1c1ccccc1. The van der Waals surface area contributed by atoms with E-state index in [1.807, 2.05) is 6.07 Å².